The first-order valence-electron chi connectivity index (χ1n) is 11.4. The van der Waals surface area contributed by atoms with Gasteiger partial charge >= 0.3 is 0 Å². The highest BCUT2D eigenvalue weighted by atomic mass is 16.3. The van der Waals surface area contributed by atoms with Gasteiger partial charge in [-0.2, -0.15) is 0 Å². The predicted molar refractivity (Wildman–Crippen MR) is 130 cm³/mol. The van der Waals surface area contributed by atoms with E-state index < -0.39 is 0 Å². The zero-order valence-electron chi connectivity index (χ0n) is 17.6. The van der Waals surface area contributed by atoms with Crippen LogP contribution in [0.4, 0.5) is 0 Å². The van der Waals surface area contributed by atoms with Crippen LogP contribution < -0.4 is 0 Å². The van der Waals surface area contributed by atoms with Gasteiger partial charge in [0.25, 0.3) is 0 Å². The fourth-order valence-electron chi connectivity index (χ4n) is 6.56. The van der Waals surface area contributed by atoms with Crippen LogP contribution >= 0.6 is 0 Å². The summed E-state index contributed by atoms with van der Waals surface area (Å²) >= 11 is 0. The summed E-state index contributed by atoms with van der Waals surface area (Å²) < 4.78 is 6.41. The molecular formula is C31H20O. The summed E-state index contributed by atoms with van der Waals surface area (Å²) in [4.78, 5) is 0. The minimum absolute atomic E-state index is 0.295. The number of rotatable bonds is 0. The van der Waals surface area contributed by atoms with Crippen LogP contribution in [0, 0.1) is 0 Å². The third kappa shape index (κ3) is 1.79. The summed E-state index contributed by atoms with van der Waals surface area (Å²) in [6.45, 7) is 0. The van der Waals surface area contributed by atoms with Crippen LogP contribution in [0.15, 0.2) is 95.4 Å². The molecule has 0 unspecified atom stereocenters. The maximum atomic E-state index is 6.41. The standard InChI is InChI=1S/C31H20O/c1-5-13-25-19(9-1)20-10-2-6-14-26(20)31(25)27-15-7-3-11-21(27)23-17-24-22-12-4-8-16-29(22)32-30(24)18-28(23)31/h1-3,5-11,13-18H,4,12H2. The SMILES string of the molecule is C1=Cc2oc3cc4c(cc3c2CC1)-c1ccccc1C41c2ccccc2-c2ccccc21. The van der Waals surface area contributed by atoms with Crippen LogP contribution in [0.1, 0.15) is 40.0 Å². The van der Waals surface area contributed by atoms with E-state index >= 15 is 0 Å². The lowest BCUT2D eigenvalue weighted by molar-refractivity contribution is 0.594. The van der Waals surface area contributed by atoms with Crippen LogP contribution in [0.25, 0.3) is 39.3 Å². The van der Waals surface area contributed by atoms with Crippen molar-refractivity contribution in [3.05, 3.63) is 125 Å². The van der Waals surface area contributed by atoms with Gasteiger partial charge in [0.15, 0.2) is 0 Å². The van der Waals surface area contributed by atoms with E-state index in [9.17, 15) is 0 Å². The van der Waals surface area contributed by atoms with Crippen LogP contribution in [0.5, 0.6) is 0 Å². The van der Waals surface area contributed by atoms with Crippen LogP contribution in [-0.2, 0) is 11.8 Å². The van der Waals surface area contributed by atoms with E-state index in [1.807, 2.05) is 0 Å². The van der Waals surface area contributed by atoms with Gasteiger partial charge in [0, 0.05) is 10.9 Å². The average molecular weight is 409 g/mol. The first-order valence-corrected chi connectivity index (χ1v) is 11.4. The molecule has 0 atom stereocenters. The van der Waals surface area contributed by atoms with Gasteiger partial charge in [0.05, 0.1) is 5.41 Å². The quantitative estimate of drug-likeness (QED) is 0.250. The van der Waals surface area contributed by atoms with Gasteiger partial charge in [0.2, 0.25) is 0 Å². The molecule has 5 aromatic rings. The molecule has 1 spiro atoms. The van der Waals surface area contributed by atoms with E-state index in [4.69, 9.17) is 4.42 Å². The molecule has 32 heavy (non-hydrogen) atoms. The van der Waals surface area contributed by atoms with Crippen molar-refractivity contribution in [2.75, 3.05) is 0 Å². The predicted octanol–water partition coefficient (Wildman–Crippen LogP) is 7.74. The third-order valence-electron chi connectivity index (χ3n) is 7.77. The van der Waals surface area contributed by atoms with Crippen molar-refractivity contribution in [2.45, 2.75) is 18.3 Å². The zero-order valence-corrected chi connectivity index (χ0v) is 17.6. The molecular weight excluding hydrogens is 388 g/mol. The maximum absolute atomic E-state index is 6.41. The Hall–Kier alpha value is -3.84. The van der Waals surface area contributed by atoms with Gasteiger partial charge in [-0.05, 0) is 75.6 Å². The van der Waals surface area contributed by atoms with Gasteiger partial charge in [-0.25, -0.2) is 0 Å². The second-order valence-corrected chi connectivity index (χ2v) is 9.17. The van der Waals surface area contributed by atoms with Crippen molar-refractivity contribution in [1.29, 1.82) is 0 Å². The number of allylic oxidation sites excluding steroid dienone is 1. The Morgan fingerprint density at radius 1 is 0.625 bits per heavy atom. The second-order valence-electron chi connectivity index (χ2n) is 9.17. The van der Waals surface area contributed by atoms with Crippen LogP contribution in [-0.4, -0.2) is 0 Å². The Kier molecular flexibility index (Phi) is 2.99. The third-order valence-corrected chi connectivity index (χ3v) is 7.77. The first kappa shape index (κ1) is 16.8. The van der Waals surface area contributed by atoms with Gasteiger partial charge in [0.1, 0.15) is 11.3 Å². The first-order chi connectivity index (χ1) is 15.9. The van der Waals surface area contributed by atoms with E-state index in [0.29, 0.717) is 0 Å². The Bertz CT molecular complexity index is 1580. The molecule has 0 amide bonds. The van der Waals surface area contributed by atoms with E-state index in [1.165, 1.54) is 55.5 Å². The van der Waals surface area contributed by atoms with Crippen LogP contribution in [0.2, 0.25) is 0 Å². The highest BCUT2D eigenvalue weighted by molar-refractivity contribution is 6.00. The fourth-order valence-corrected chi connectivity index (χ4v) is 6.56. The molecule has 4 aromatic carbocycles. The molecule has 0 fully saturated rings. The van der Waals surface area contributed by atoms with Gasteiger partial charge in [-0.15, -0.1) is 0 Å². The lowest BCUT2D eigenvalue weighted by Gasteiger charge is -2.30. The highest BCUT2D eigenvalue weighted by Gasteiger charge is 2.51. The molecule has 0 aliphatic heterocycles. The molecule has 0 radical (unpaired) electrons. The topological polar surface area (TPSA) is 13.1 Å². The number of furan rings is 1. The number of aryl methyl sites for hydroxylation is 1. The van der Waals surface area contributed by atoms with Crippen molar-refractivity contribution in [3.63, 3.8) is 0 Å². The number of hydrogen-bond donors (Lipinski definition) is 0. The van der Waals surface area contributed by atoms with E-state index in [1.54, 1.807) is 0 Å². The zero-order chi connectivity index (χ0) is 20.9. The number of benzene rings is 4. The normalized spacial score (nSPS) is 16.0. The molecule has 1 heteroatoms. The lowest BCUT2D eigenvalue weighted by atomic mass is 9.70. The van der Waals surface area contributed by atoms with Crippen molar-refractivity contribution >= 4 is 17.0 Å². The Balaban J connectivity index is 1.57. The highest BCUT2D eigenvalue weighted by Crippen LogP contribution is 2.63. The molecule has 0 bridgehead atoms. The smallest absolute Gasteiger partial charge is 0.135 e. The molecule has 3 aliphatic carbocycles. The molecule has 1 nitrogen and oxygen atoms in total. The van der Waals surface area contributed by atoms with E-state index in [2.05, 4.69) is 97.1 Å². The summed E-state index contributed by atoms with van der Waals surface area (Å²) in [6, 6.07) is 31.6. The van der Waals surface area contributed by atoms with Crippen molar-refractivity contribution < 1.29 is 4.42 Å². The van der Waals surface area contributed by atoms with Crippen molar-refractivity contribution in [2.24, 2.45) is 0 Å². The molecule has 0 saturated heterocycles. The van der Waals surface area contributed by atoms with Gasteiger partial charge in [-0.3, -0.25) is 0 Å². The Morgan fingerprint density at radius 3 is 1.88 bits per heavy atom. The summed E-state index contributed by atoms with van der Waals surface area (Å²) in [6.07, 6.45) is 6.50. The van der Waals surface area contributed by atoms with Crippen molar-refractivity contribution in [1.82, 2.24) is 0 Å². The maximum Gasteiger partial charge on any atom is 0.135 e. The monoisotopic (exact) mass is 408 g/mol. The van der Waals surface area contributed by atoms with Gasteiger partial charge in [-0.1, -0.05) is 78.9 Å². The Morgan fingerprint density at radius 2 is 1.22 bits per heavy atom. The fraction of sp³-hybridized carbons (Fsp3) is 0.0968. The summed E-state index contributed by atoms with van der Waals surface area (Å²) in [7, 11) is 0. The molecule has 1 aromatic heterocycles. The minimum Gasteiger partial charge on any atom is -0.456 e. The molecule has 1 heterocycles. The van der Waals surface area contributed by atoms with E-state index in [-0.39, 0.29) is 5.41 Å². The molecule has 150 valence electrons. The van der Waals surface area contributed by atoms with E-state index in [0.717, 1.165) is 24.2 Å². The minimum atomic E-state index is -0.295. The molecule has 0 N–H and O–H groups in total. The number of fused-ring (bicyclic) bond motifs is 13. The number of hydrogen-bond acceptors (Lipinski definition) is 1. The molecule has 3 aliphatic rings. The van der Waals surface area contributed by atoms with Crippen molar-refractivity contribution in [3.8, 4) is 22.3 Å². The average Bonchev–Trinajstić information content (AvgIpc) is 3.46. The Labute approximate surface area is 186 Å². The molecule has 8 rings (SSSR count). The van der Waals surface area contributed by atoms with Gasteiger partial charge < -0.3 is 4.42 Å². The summed E-state index contributed by atoms with van der Waals surface area (Å²) in [5.41, 5.74) is 12.9. The molecule has 0 saturated carbocycles. The van der Waals surface area contributed by atoms with Crippen LogP contribution in [0.3, 0.4) is 0 Å². The summed E-state index contributed by atoms with van der Waals surface area (Å²) in [5, 5.41) is 1.27. The largest absolute Gasteiger partial charge is 0.456 e. The second kappa shape index (κ2) is 5.69. The summed E-state index contributed by atoms with van der Waals surface area (Å²) in [5.74, 6) is 1.03. The lowest BCUT2D eigenvalue weighted by Crippen LogP contribution is -2.25.